The first-order chi connectivity index (χ1) is 12.4. The van der Waals surface area contributed by atoms with Crippen LogP contribution in [0, 0.1) is 11.7 Å². The second kappa shape index (κ2) is 8.09. The van der Waals surface area contributed by atoms with Gasteiger partial charge in [0.15, 0.2) is 0 Å². The zero-order chi connectivity index (χ0) is 18.7. The van der Waals surface area contributed by atoms with Crippen molar-refractivity contribution in [1.82, 2.24) is 5.32 Å². The molecule has 1 N–H and O–H groups in total. The van der Waals surface area contributed by atoms with E-state index in [2.05, 4.69) is 29.3 Å². The predicted molar refractivity (Wildman–Crippen MR) is 104 cm³/mol. The Morgan fingerprint density at radius 3 is 2.46 bits per heavy atom. The van der Waals surface area contributed by atoms with E-state index in [9.17, 15) is 9.18 Å². The number of hydrogen-bond acceptors (Lipinski definition) is 2. The predicted octanol–water partition coefficient (Wildman–Crippen LogP) is 5.21. The van der Waals surface area contributed by atoms with Crippen molar-refractivity contribution in [3.05, 3.63) is 64.4 Å². The highest BCUT2D eigenvalue weighted by atomic mass is 35.5. The van der Waals surface area contributed by atoms with Gasteiger partial charge in [0.25, 0.3) is 5.91 Å². The maximum absolute atomic E-state index is 13.9. The van der Waals surface area contributed by atoms with Crippen molar-refractivity contribution >= 4 is 23.2 Å². The van der Waals surface area contributed by atoms with Crippen LogP contribution in [0.1, 0.15) is 48.7 Å². The molecule has 1 fully saturated rings. The molecule has 0 radical (unpaired) electrons. The van der Waals surface area contributed by atoms with E-state index in [-0.39, 0.29) is 16.6 Å². The molecule has 1 aliphatic rings. The third-order valence-corrected chi connectivity index (χ3v) is 5.30. The zero-order valence-corrected chi connectivity index (χ0v) is 15.9. The summed E-state index contributed by atoms with van der Waals surface area (Å²) < 4.78 is 13.9. The van der Waals surface area contributed by atoms with Crippen LogP contribution < -0.4 is 10.2 Å². The van der Waals surface area contributed by atoms with Gasteiger partial charge >= 0.3 is 0 Å². The number of halogens is 2. The molecule has 0 saturated carbocycles. The molecule has 0 aromatic heterocycles. The molecule has 2 aromatic rings. The summed E-state index contributed by atoms with van der Waals surface area (Å²) in [4.78, 5) is 14.7. The first-order valence-corrected chi connectivity index (χ1v) is 9.42. The zero-order valence-electron chi connectivity index (χ0n) is 15.1. The lowest BCUT2D eigenvalue weighted by molar-refractivity contribution is 0.0936. The number of amides is 1. The van der Waals surface area contributed by atoms with Crippen LogP contribution >= 0.6 is 11.6 Å². The summed E-state index contributed by atoms with van der Waals surface area (Å²) in [6.45, 7) is 6.36. The lowest BCUT2D eigenvalue weighted by Gasteiger charge is -2.32. The van der Waals surface area contributed by atoms with Gasteiger partial charge in [-0.25, -0.2) is 4.39 Å². The number of hydrogen-bond donors (Lipinski definition) is 1. The van der Waals surface area contributed by atoms with Crippen LogP contribution in [0.25, 0.3) is 0 Å². The standard InChI is InChI=1S/C21H24ClFN2O/c1-14-9-11-25(12-10-14)18-6-3-16(4-7-18)15(2)24-21(26)19-8-5-17(22)13-20(19)23/h3-8,13-15H,9-12H2,1-2H3,(H,24,26)/t15-/m1/s1. The van der Waals surface area contributed by atoms with Crippen LogP contribution in [0.4, 0.5) is 10.1 Å². The second-order valence-corrected chi connectivity index (χ2v) is 7.52. The third-order valence-electron chi connectivity index (χ3n) is 5.07. The molecule has 1 heterocycles. The van der Waals surface area contributed by atoms with Crippen LogP contribution in [0.3, 0.4) is 0 Å². The Balaban J connectivity index is 1.64. The van der Waals surface area contributed by atoms with Gasteiger partial charge in [-0.05, 0) is 61.6 Å². The Morgan fingerprint density at radius 2 is 1.85 bits per heavy atom. The van der Waals surface area contributed by atoms with Gasteiger partial charge in [-0.3, -0.25) is 4.79 Å². The summed E-state index contributed by atoms with van der Waals surface area (Å²) >= 11 is 5.73. The molecule has 0 unspecified atom stereocenters. The Kier molecular flexibility index (Phi) is 5.82. The van der Waals surface area contributed by atoms with Crippen LogP contribution in [0.15, 0.2) is 42.5 Å². The summed E-state index contributed by atoms with van der Waals surface area (Å²) in [5.74, 6) is -0.258. The monoisotopic (exact) mass is 374 g/mol. The third kappa shape index (κ3) is 4.36. The Labute approximate surface area is 159 Å². The summed E-state index contributed by atoms with van der Waals surface area (Å²) in [5.41, 5.74) is 2.20. The minimum atomic E-state index is -0.614. The van der Waals surface area contributed by atoms with Crippen molar-refractivity contribution in [2.45, 2.75) is 32.7 Å². The molecular weight excluding hydrogens is 351 g/mol. The summed E-state index contributed by atoms with van der Waals surface area (Å²) in [6.07, 6.45) is 2.45. The average molecular weight is 375 g/mol. The number of nitrogens with zero attached hydrogens (tertiary/aromatic N) is 1. The molecule has 1 atom stereocenters. The highest BCUT2D eigenvalue weighted by Crippen LogP contribution is 2.25. The van der Waals surface area contributed by atoms with Gasteiger partial charge in [-0.1, -0.05) is 30.7 Å². The first-order valence-electron chi connectivity index (χ1n) is 9.05. The second-order valence-electron chi connectivity index (χ2n) is 7.08. The van der Waals surface area contributed by atoms with Crippen molar-refractivity contribution in [2.24, 2.45) is 5.92 Å². The van der Waals surface area contributed by atoms with Crippen molar-refractivity contribution < 1.29 is 9.18 Å². The van der Waals surface area contributed by atoms with Crippen LogP contribution in [-0.4, -0.2) is 19.0 Å². The fraction of sp³-hybridized carbons (Fsp3) is 0.381. The quantitative estimate of drug-likeness (QED) is 0.797. The maximum atomic E-state index is 13.9. The summed E-state index contributed by atoms with van der Waals surface area (Å²) in [7, 11) is 0. The molecule has 2 aromatic carbocycles. The summed E-state index contributed by atoms with van der Waals surface area (Å²) in [5, 5.41) is 3.11. The number of anilines is 1. The molecule has 1 amide bonds. The van der Waals surface area contributed by atoms with Crippen molar-refractivity contribution in [1.29, 1.82) is 0 Å². The minimum absolute atomic E-state index is 0.000284. The number of carbonyl (C=O) groups is 1. The lowest BCUT2D eigenvalue weighted by atomic mass is 9.98. The smallest absolute Gasteiger partial charge is 0.254 e. The fourth-order valence-corrected chi connectivity index (χ4v) is 3.43. The largest absolute Gasteiger partial charge is 0.372 e. The molecule has 3 rings (SSSR count). The van der Waals surface area contributed by atoms with Gasteiger partial charge < -0.3 is 10.2 Å². The van der Waals surface area contributed by atoms with Gasteiger partial charge in [0.1, 0.15) is 5.82 Å². The topological polar surface area (TPSA) is 32.3 Å². The van der Waals surface area contributed by atoms with E-state index >= 15 is 0 Å². The average Bonchev–Trinajstić information content (AvgIpc) is 2.62. The van der Waals surface area contributed by atoms with Gasteiger partial charge in [-0.15, -0.1) is 0 Å². The number of rotatable bonds is 4. The number of piperidine rings is 1. The molecule has 3 nitrogen and oxygen atoms in total. The number of carbonyl (C=O) groups excluding carboxylic acids is 1. The van der Waals surface area contributed by atoms with Crippen LogP contribution in [0.2, 0.25) is 5.02 Å². The number of nitrogens with one attached hydrogen (secondary N) is 1. The van der Waals surface area contributed by atoms with Crippen molar-refractivity contribution in [3.63, 3.8) is 0 Å². The molecule has 26 heavy (non-hydrogen) atoms. The molecule has 0 spiro atoms. The highest BCUT2D eigenvalue weighted by Gasteiger charge is 2.18. The lowest BCUT2D eigenvalue weighted by Crippen LogP contribution is -2.32. The van der Waals surface area contributed by atoms with E-state index in [4.69, 9.17) is 11.6 Å². The van der Waals surface area contributed by atoms with Gasteiger partial charge in [0.2, 0.25) is 0 Å². The van der Waals surface area contributed by atoms with E-state index < -0.39 is 11.7 Å². The Bertz CT molecular complexity index is 770. The van der Waals surface area contributed by atoms with E-state index in [1.807, 2.05) is 19.1 Å². The van der Waals surface area contributed by atoms with Gasteiger partial charge in [-0.2, -0.15) is 0 Å². The highest BCUT2D eigenvalue weighted by molar-refractivity contribution is 6.30. The molecule has 1 saturated heterocycles. The fourth-order valence-electron chi connectivity index (χ4n) is 3.27. The van der Waals surface area contributed by atoms with E-state index in [1.54, 1.807) is 0 Å². The maximum Gasteiger partial charge on any atom is 0.254 e. The molecule has 0 bridgehead atoms. The Hall–Kier alpha value is -2.07. The molecule has 1 aliphatic heterocycles. The van der Waals surface area contributed by atoms with E-state index in [0.717, 1.165) is 30.6 Å². The molecule has 138 valence electrons. The molecular formula is C21H24ClFN2O. The normalized spacial score (nSPS) is 16.4. The minimum Gasteiger partial charge on any atom is -0.372 e. The van der Waals surface area contributed by atoms with Gasteiger partial charge in [0.05, 0.1) is 11.6 Å². The Morgan fingerprint density at radius 1 is 1.19 bits per heavy atom. The summed E-state index contributed by atoms with van der Waals surface area (Å²) in [6, 6.07) is 12.1. The van der Waals surface area contributed by atoms with E-state index in [1.165, 1.54) is 30.7 Å². The number of benzene rings is 2. The SMILES string of the molecule is CC1CCN(c2ccc([C@@H](C)NC(=O)c3ccc(Cl)cc3F)cc2)CC1. The van der Waals surface area contributed by atoms with Gasteiger partial charge in [0, 0.05) is 23.8 Å². The molecule has 0 aliphatic carbocycles. The van der Waals surface area contributed by atoms with Crippen LogP contribution in [0.5, 0.6) is 0 Å². The first kappa shape index (κ1) is 18.7. The molecule has 5 heteroatoms. The van der Waals surface area contributed by atoms with Crippen LogP contribution in [-0.2, 0) is 0 Å². The van der Waals surface area contributed by atoms with Crippen molar-refractivity contribution in [3.8, 4) is 0 Å². The van der Waals surface area contributed by atoms with Crippen molar-refractivity contribution in [2.75, 3.05) is 18.0 Å². The van der Waals surface area contributed by atoms with E-state index in [0.29, 0.717) is 0 Å².